The highest BCUT2D eigenvalue weighted by Gasteiger charge is 2.28. The number of hydrogen-bond acceptors (Lipinski definition) is 5. The topological polar surface area (TPSA) is 103 Å². The zero-order chi connectivity index (χ0) is 16.7. The first-order chi connectivity index (χ1) is 11.6. The van der Waals surface area contributed by atoms with Gasteiger partial charge in [0.2, 0.25) is 10.0 Å². The molecule has 0 unspecified atom stereocenters. The van der Waals surface area contributed by atoms with Crippen molar-refractivity contribution in [1.82, 2.24) is 19.3 Å². The summed E-state index contributed by atoms with van der Waals surface area (Å²) in [7, 11) is -3.55. The summed E-state index contributed by atoms with van der Waals surface area (Å²) < 4.78 is 25.4. The maximum absolute atomic E-state index is 12.1. The number of nitrogens with zero attached hydrogens (tertiary/aromatic N) is 4. The Morgan fingerprint density at radius 2 is 2.17 bits per heavy atom. The summed E-state index contributed by atoms with van der Waals surface area (Å²) in [5.41, 5.74) is 3.30. The van der Waals surface area contributed by atoms with Gasteiger partial charge in [0.25, 0.3) is 0 Å². The van der Waals surface area contributed by atoms with Crippen molar-refractivity contribution in [3.8, 4) is 6.07 Å². The fourth-order valence-electron chi connectivity index (χ4n) is 2.99. The Labute approximate surface area is 138 Å². The highest BCUT2D eigenvalue weighted by Crippen LogP contribution is 2.32. The molecule has 120 valence electrons. The van der Waals surface area contributed by atoms with E-state index in [-0.39, 0.29) is 13.1 Å². The predicted octanol–water partition coefficient (Wildman–Crippen LogP) is 1.66. The van der Waals surface area contributed by atoms with Crippen molar-refractivity contribution in [2.45, 2.75) is 0 Å². The predicted molar refractivity (Wildman–Crippen MR) is 90.3 cm³/mol. The summed E-state index contributed by atoms with van der Waals surface area (Å²) in [5, 5.41) is 10.6. The molecule has 8 heteroatoms. The van der Waals surface area contributed by atoms with Crippen LogP contribution in [0.5, 0.6) is 0 Å². The van der Waals surface area contributed by atoms with Gasteiger partial charge in [-0.25, -0.2) is 18.4 Å². The smallest absolute Gasteiger partial charge is 0.228 e. The monoisotopic (exact) mass is 339 g/mol. The van der Waals surface area contributed by atoms with E-state index < -0.39 is 15.8 Å². The van der Waals surface area contributed by atoms with Crippen molar-refractivity contribution in [2.75, 3.05) is 18.8 Å². The summed E-state index contributed by atoms with van der Waals surface area (Å²) in [6.45, 7) is 0.522. The lowest BCUT2D eigenvalue weighted by atomic mass is 10.0. The van der Waals surface area contributed by atoms with Gasteiger partial charge in [-0.3, -0.25) is 0 Å². The van der Waals surface area contributed by atoms with Gasteiger partial charge in [0, 0.05) is 41.8 Å². The number of nitriles is 1. The van der Waals surface area contributed by atoms with Crippen molar-refractivity contribution < 1.29 is 8.42 Å². The van der Waals surface area contributed by atoms with Crippen LogP contribution in [0.1, 0.15) is 5.56 Å². The average molecular weight is 339 g/mol. The van der Waals surface area contributed by atoms with Gasteiger partial charge < -0.3 is 4.98 Å². The van der Waals surface area contributed by atoms with Crippen molar-refractivity contribution >= 4 is 37.5 Å². The minimum Gasteiger partial charge on any atom is -0.360 e. The van der Waals surface area contributed by atoms with E-state index in [1.165, 1.54) is 4.31 Å². The van der Waals surface area contributed by atoms with Crippen LogP contribution in [0.2, 0.25) is 0 Å². The number of fused-ring (bicyclic) bond motifs is 3. The second kappa shape index (κ2) is 5.40. The van der Waals surface area contributed by atoms with Gasteiger partial charge in [-0.15, -0.1) is 0 Å². The van der Waals surface area contributed by atoms with Crippen LogP contribution in [0, 0.1) is 11.3 Å². The van der Waals surface area contributed by atoms with E-state index in [9.17, 15) is 8.42 Å². The van der Waals surface area contributed by atoms with Gasteiger partial charge in [-0.2, -0.15) is 9.57 Å². The van der Waals surface area contributed by atoms with Crippen LogP contribution in [0.25, 0.3) is 27.5 Å². The quantitative estimate of drug-likeness (QED) is 0.782. The van der Waals surface area contributed by atoms with E-state index in [1.54, 1.807) is 18.5 Å². The molecule has 24 heavy (non-hydrogen) atoms. The number of aromatic nitrogens is 3. The van der Waals surface area contributed by atoms with Gasteiger partial charge in [0.15, 0.2) is 11.4 Å². The largest absolute Gasteiger partial charge is 0.360 e. The molecule has 0 aromatic carbocycles. The van der Waals surface area contributed by atoms with Crippen LogP contribution in [0.3, 0.4) is 0 Å². The summed E-state index contributed by atoms with van der Waals surface area (Å²) >= 11 is 0. The molecule has 4 heterocycles. The molecule has 3 aromatic heterocycles. The highest BCUT2D eigenvalue weighted by molar-refractivity contribution is 7.89. The Bertz CT molecular complexity index is 1120. The highest BCUT2D eigenvalue weighted by atomic mass is 32.2. The van der Waals surface area contributed by atoms with Gasteiger partial charge in [-0.1, -0.05) is 12.1 Å². The lowest BCUT2D eigenvalue weighted by Crippen LogP contribution is -2.30. The van der Waals surface area contributed by atoms with Gasteiger partial charge in [0.05, 0.1) is 17.8 Å². The number of hydrogen-bond donors (Lipinski definition) is 1. The molecule has 1 aliphatic heterocycles. The molecule has 3 aromatic rings. The summed E-state index contributed by atoms with van der Waals surface area (Å²) in [6, 6.07) is 5.60. The van der Waals surface area contributed by atoms with E-state index in [1.807, 2.05) is 24.4 Å². The molecule has 0 saturated heterocycles. The second-order valence-electron chi connectivity index (χ2n) is 5.56. The lowest BCUT2D eigenvalue weighted by molar-refractivity contribution is 0.493. The minimum absolute atomic E-state index is 0.248. The third kappa shape index (κ3) is 2.26. The molecule has 4 rings (SSSR count). The molecule has 0 atom stereocenters. The molecular formula is C16H13N5O2S. The number of rotatable bonds is 3. The fraction of sp³-hybridized carbons (Fsp3) is 0.188. The Morgan fingerprint density at radius 3 is 3.00 bits per heavy atom. The molecule has 1 aliphatic rings. The van der Waals surface area contributed by atoms with Crippen molar-refractivity contribution in [3.05, 3.63) is 42.4 Å². The molecule has 0 amide bonds. The lowest BCUT2D eigenvalue weighted by Gasteiger charge is -2.14. The average Bonchev–Trinajstić information content (AvgIpc) is 3.22. The van der Waals surface area contributed by atoms with E-state index in [2.05, 4.69) is 15.0 Å². The van der Waals surface area contributed by atoms with Crippen LogP contribution in [0.15, 0.2) is 36.8 Å². The number of pyridine rings is 2. The van der Waals surface area contributed by atoms with E-state index in [0.29, 0.717) is 5.65 Å². The number of nitrogens with one attached hydrogen (secondary N) is 1. The number of sulfonamides is 1. The van der Waals surface area contributed by atoms with Crippen molar-refractivity contribution in [1.29, 1.82) is 5.26 Å². The minimum atomic E-state index is -3.55. The Hall–Kier alpha value is -2.76. The Balaban J connectivity index is 1.79. The molecule has 1 N–H and O–H groups in total. The van der Waals surface area contributed by atoms with Gasteiger partial charge >= 0.3 is 0 Å². The molecule has 0 saturated carbocycles. The third-order valence-electron chi connectivity index (χ3n) is 4.16. The molecule has 0 spiro atoms. The second-order valence-corrected chi connectivity index (χ2v) is 7.53. The molecular weight excluding hydrogens is 326 g/mol. The van der Waals surface area contributed by atoms with Crippen LogP contribution in [-0.4, -0.2) is 46.5 Å². The summed E-state index contributed by atoms with van der Waals surface area (Å²) in [6.07, 6.45) is 7.17. The maximum atomic E-state index is 12.1. The van der Waals surface area contributed by atoms with Crippen molar-refractivity contribution in [2.24, 2.45) is 0 Å². The molecule has 0 fully saturated rings. The van der Waals surface area contributed by atoms with Crippen LogP contribution >= 0.6 is 0 Å². The Kier molecular flexibility index (Phi) is 3.33. The number of aromatic amines is 1. The molecule has 7 nitrogen and oxygen atoms in total. The zero-order valence-electron chi connectivity index (χ0n) is 12.6. The third-order valence-corrected chi connectivity index (χ3v) is 5.72. The van der Waals surface area contributed by atoms with Crippen LogP contribution < -0.4 is 0 Å². The van der Waals surface area contributed by atoms with E-state index >= 15 is 0 Å². The molecule has 0 aliphatic carbocycles. The molecule has 0 bridgehead atoms. The van der Waals surface area contributed by atoms with Gasteiger partial charge in [0.1, 0.15) is 0 Å². The summed E-state index contributed by atoms with van der Waals surface area (Å²) in [5.74, 6) is -0.506. The SMILES string of the molecule is N#CCS(=O)(=O)N1CC=C(c2cnc3ncc4[nH]cccc4c23)C1. The molecule has 0 radical (unpaired) electrons. The standard InChI is InChI=1S/C16H13N5O2S/c17-4-7-24(22,23)21-6-3-11(10-21)13-8-19-16-15(13)12-2-1-5-18-14(12)9-20-16/h1-3,5,8-9,18H,6-7,10H2. The summed E-state index contributed by atoms with van der Waals surface area (Å²) in [4.78, 5) is 11.9. The zero-order valence-corrected chi connectivity index (χ0v) is 13.4. The normalized spacial score (nSPS) is 15.7. The van der Waals surface area contributed by atoms with E-state index in [4.69, 9.17) is 5.26 Å². The first-order valence-corrected chi connectivity index (χ1v) is 8.96. The Morgan fingerprint density at radius 1 is 1.33 bits per heavy atom. The first-order valence-electron chi connectivity index (χ1n) is 7.35. The van der Waals surface area contributed by atoms with E-state index in [0.717, 1.165) is 27.4 Å². The number of H-pyrrole nitrogens is 1. The van der Waals surface area contributed by atoms with Crippen molar-refractivity contribution in [3.63, 3.8) is 0 Å². The first kappa shape index (κ1) is 14.8. The fourth-order valence-corrected chi connectivity index (χ4v) is 3.98. The van der Waals surface area contributed by atoms with Crippen LogP contribution in [0.4, 0.5) is 0 Å². The van der Waals surface area contributed by atoms with Gasteiger partial charge in [-0.05, 0) is 11.6 Å². The maximum Gasteiger partial charge on any atom is 0.228 e. The van der Waals surface area contributed by atoms with Crippen LogP contribution in [-0.2, 0) is 10.0 Å².